The van der Waals surface area contributed by atoms with Crippen molar-refractivity contribution in [1.82, 2.24) is 9.80 Å². The Labute approximate surface area is 115 Å². The van der Waals surface area contributed by atoms with Crippen molar-refractivity contribution in [2.75, 3.05) is 26.7 Å². The molecule has 0 aromatic rings. The van der Waals surface area contributed by atoms with E-state index in [0.717, 1.165) is 25.9 Å². The molecule has 19 heavy (non-hydrogen) atoms. The summed E-state index contributed by atoms with van der Waals surface area (Å²) in [5.74, 6) is 0.431. The van der Waals surface area contributed by atoms with Gasteiger partial charge in [-0.25, -0.2) is 0 Å². The number of nitrogens with zero attached hydrogens (tertiary/aromatic N) is 3. The zero-order chi connectivity index (χ0) is 14.4. The summed E-state index contributed by atoms with van der Waals surface area (Å²) in [5, 5.41) is 18.1. The van der Waals surface area contributed by atoms with Crippen LogP contribution in [-0.2, 0) is 4.79 Å². The molecule has 108 valence electrons. The lowest BCUT2D eigenvalue weighted by Gasteiger charge is -2.37. The van der Waals surface area contributed by atoms with Gasteiger partial charge >= 0.3 is 0 Å². The molecule has 0 bridgehead atoms. The summed E-state index contributed by atoms with van der Waals surface area (Å²) in [6, 6.07) is 1.91. The number of aliphatic hydroxyl groups is 1. The third kappa shape index (κ3) is 4.48. The SMILES string of the molecule is CC(O)C1CCN(C(C)C(=O)N(C)CCC#N)CC1. The van der Waals surface area contributed by atoms with Gasteiger partial charge in [0, 0.05) is 13.6 Å². The van der Waals surface area contributed by atoms with Crippen LogP contribution in [0.1, 0.15) is 33.1 Å². The van der Waals surface area contributed by atoms with E-state index in [4.69, 9.17) is 5.26 Å². The number of carbonyl (C=O) groups is 1. The van der Waals surface area contributed by atoms with Crippen LogP contribution in [0.5, 0.6) is 0 Å². The number of carbonyl (C=O) groups excluding carboxylic acids is 1. The van der Waals surface area contributed by atoms with E-state index in [1.165, 1.54) is 0 Å². The fourth-order valence-electron chi connectivity index (χ4n) is 2.59. The average molecular weight is 267 g/mol. The predicted octanol–water partition coefficient (Wildman–Crippen LogP) is 0.840. The van der Waals surface area contributed by atoms with E-state index in [-0.39, 0.29) is 18.1 Å². The molecule has 1 N–H and O–H groups in total. The number of aliphatic hydroxyl groups excluding tert-OH is 1. The number of likely N-dealkylation sites (tertiary alicyclic amines) is 1. The molecule has 5 heteroatoms. The first-order valence-corrected chi connectivity index (χ1v) is 7.01. The van der Waals surface area contributed by atoms with Gasteiger partial charge in [-0.15, -0.1) is 0 Å². The molecular weight excluding hydrogens is 242 g/mol. The van der Waals surface area contributed by atoms with Crippen molar-refractivity contribution in [3.05, 3.63) is 0 Å². The van der Waals surface area contributed by atoms with Crippen LogP contribution >= 0.6 is 0 Å². The second-order valence-electron chi connectivity index (χ2n) is 5.46. The summed E-state index contributed by atoms with van der Waals surface area (Å²) in [5.41, 5.74) is 0. The molecule has 0 radical (unpaired) electrons. The highest BCUT2D eigenvalue weighted by molar-refractivity contribution is 5.81. The van der Waals surface area contributed by atoms with Crippen molar-refractivity contribution in [1.29, 1.82) is 5.26 Å². The molecule has 0 aromatic carbocycles. The Morgan fingerprint density at radius 2 is 2.05 bits per heavy atom. The van der Waals surface area contributed by atoms with Crippen LogP contribution in [-0.4, -0.2) is 59.6 Å². The lowest BCUT2D eigenvalue weighted by Crippen LogP contribution is -2.49. The maximum absolute atomic E-state index is 12.2. The first-order chi connectivity index (χ1) is 8.97. The molecule has 0 aromatic heterocycles. The van der Waals surface area contributed by atoms with Crippen molar-refractivity contribution < 1.29 is 9.90 Å². The Balaban J connectivity index is 2.44. The van der Waals surface area contributed by atoms with E-state index in [0.29, 0.717) is 18.9 Å². The van der Waals surface area contributed by atoms with E-state index in [2.05, 4.69) is 11.0 Å². The first-order valence-electron chi connectivity index (χ1n) is 7.01. The van der Waals surface area contributed by atoms with Gasteiger partial charge in [0.05, 0.1) is 24.6 Å². The van der Waals surface area contributed by atoms with Gasteiger partial charge in [-0.1, -0.05) is 0 Å². The maximum Gasteiger partial charge on any atom is 0.239 e. The molecule has 2 unspecified atom stereocenters. The molecule has 1 aliphatic rings. The minimum atomic E-state index is -0.258. The zero-order valence-electron chi connectivity index (χ0n) is 12.2. The summed E-state index contributed by atoms with van der Waals surface area (Å²) >= 11 is 0. The Kier molecular flexibility index (Phi) is 6.26. The molecule has 1 amide bonds. The Bertz CT molecular complexity index is 330. The predicted molar refractivity (Wildman–Crippen MR) is 73.3 cm³/mol. The van der Waals surface area contributed by atoms with Crippen LogP contribution in [0.25, 0.3) is 0 Å². The number of hydrogen-bond acceptors (Lipinski definition) is 4. The van der Waals surface area contributed by atoms with Crippen LogP contribution < -0.4 is 0 Å². The average Bonchev–Trinajstić information content (AvgIpc) is 2.43. The maximum atomic E-state index is 12.2. The van der Waals surface area contributed by atoms with Gasteiger partial charge in [0.25, 0.3) is 0 Å². The van der Waals surface area contributed by atoms with Gasteiger partial charge < -0.3 is 10.0 Å². The zero-order valence-corrected chi connectivity index (χ0v) is 12.2. The van der Waals surface area contributed by atoms with Crippen LogP contribution in [0, 0.1) is 17.2 Å². The number of rotatable bonds is 5. The molecule has 1 aliphatic heterocycles. The largest absolute Gasteiger partial charge is 0.393 e. The third-order valence-corrected chi connectivity index (χ3v) is 4.10. The van der Waals surface area contributed by atoms with Crippen LogP contribution in [0.2, 0.25) is 0 Å². The monoisotopic (exact) mass is 267 g/mol. The minimum Gasteiger partial charge on any atom is -0.393 e. The molecule has 1 saturated heterocycles. The van der Waals surface area contributed by atoms with Gasteiger partial charge in [-0.2, -0.15) is 5.26 Å². The fraction of sp³-hybridized carbons (Fsp3) is 0.857. The van der Waals surface area contributed by atoms with Crippen LogP contribution in [0.3, 0.4) is 0 Å². The van der Waals surface area contributed by atoms with E-state index in [1.807, 2.05) is 13.8 Å². The highest BCUT2D eigenvalue weighted by Crippen LogP contribution is 2.22. The van der Waals surface area contributed by atoms with Crippen molar-refractivity contribution >= 4 is 5.91 Å². The summed E-state index contributed by atoms with van der Waals surface area (Å²) in [6.07, 6.45) is 2.00. The molecule has 0 saturated carbocycles. The summed E-state index contributed by atoms with van der Waals surface area (Å²) in [6.45, 7) is 5.96. The molecule has 0 aliphatic carbocycles. The molecule has 1 fully saturated rings. The van der Waals surface area contributed by atoms with Gasteiger partial charge in [0.1, 0.15) is 0 Å². The molecule has 1 rings (SSSR count). The minimum absolute atomic E-state index is 0.0748. The standard InChI is InChI=1S/C14H25N3O2/c1-11(14(19)16(3)8-4-7-15)17-9-5-13(6-10-17)12(2)18/h11-13,18H,4-6,8-10H2,1-3H3. The number of nitriles is 1. The molecule has 0 spiro atoms. The summed E-state index contributed by atoms with van der Waals surface area (Å²) < 4.78 is 0. The Morgan fingerprint density at radius 1 is 1.47 bits per heavy atom. The lowest BCUT2D eigenvalue weighted by atomic mass is 9.91. The normalized spacial score (nSPS) is 20.6. The number of piperidine rings is 1. The van der Waals surface area contributed by atoms with Crippen LogP contribution in [0.4, 0.5) is 0 Å². The van der Waals surface area contributed by atoms with Gasteiger partial charge in [-0.3, -0.25) is 9.69 Å². The van der Waals surface area contributed by atoms with Crippen molar-refractivity contribution in [2.24, 2.45) is 5.92 Å². The topological polar surface area (TPSA) is 67.6 Å². The molecular formula is C14H25N3O2. The second kappa shape index (κ2) is 7.46. The first kappa shape index (κ1) is 15.9. The number of amides is 1. The quantitative estimate of drug-likeness (QED) is 0.801. The molecule has 2 atom stereocenters. The van der Waals surface area contributed by atoms with Crippen LogP contribution in [0.15, 0.2) is 0 Å². The summed E-state index contributed by atoms with van der Waals surface area (Å²) in [7, 11) is 1.75. The van der Waals surface area contributed by atoms with E-state index >= 15 is 0 Å². The van der Waals surface area contributed by atoms with Gasteiger partial charge in [-0.05, 0) is 45.7 Å². The van der Waals surface area contributed by atoms with Gasteiger partial charge in [0.15, 0.2) is 0 Å². The molecule has 1 heterocycles. The fourth-order valence-corrected chi connectivity index (χ4v) is 2.59. The molecule has 5 nitrogen and oxygen atoms in total. The Hall–Kier alpha value is -1.12. The summed E-state index contributed by atoms with van der Waals surface area (Å²) in [4.78, 5) is 16.0. The smallest absolute Gasteiger partial charge is 0.239 e. The van der Waals surface area contributed by atoms with E-state index in [1.54, 1.807) is 11.9 Å². The number of likely N-dealkylation sites (N-methyl/N-ethyl adjacent to an activating group) is 1. The second-order valence-corrected chi connectivity index (χ2v) is 5.46. The van der Waals surface area contributed by atoms with E-state index in [9.17, 15) is 9.90 Å². The lowest BCUT2D eigenvalue weighted by molar-refractivity contribution is -0.135. The third-order valence-electron chi connectivity index (χ3n) is 4.10. The number of hydrogen-bond donors (Lipinski definition) is 1. The van der Waals surface area contributed by atoms with E-state index < -0.39 is 0 Å². The highest BCUT2D eigenvalue weighted by Gasteiger charge is 2.29. The van der Waals surface area contributed by atoms with Crippen molar-refractivity contribution in [3.63, 3.8) is 0 Å². The Morgan fingerprint density at radius 3 is 2.53 bits per heavy atom. The van der Waals surface area contributed by atoms with Crippen molar-refractivity contribution in [3.8, 4) is 6.07 Å². The van der Waals surface area contributed by atoms with Gasteiger partial charge in [0.2, 0.25) is 5.91 Å². The highest BCUT2D eigenvalue weighted by atomic mass is 16.3. The van der Waals surface area contributed by atoms with Crippen molar-refractivity contribution in [2.45, 2.75) is 45.3 Å².